The molecule has 3 nitrogen and oxygen atoms in total. The Bertz CT molecular complexity index is 342. The van der Waals surface area contributed by atoms with E-state index in [9.17, 15) is 0 Å². The molecule has 88 valence electrons. The van der Waals surface area contributed by atoms with Gasteiger partial charge in [-0.1, -0.05) is 17.7 Å². The molecule has 1 aromatic carbocycles. The van der Waals surface area contributed by atoms with Crippen molar-refractivity contribution in [2.24, 2.45) is 0 Å². The predicted octanol–water partition coefficient (Wildman–Crippen LogP) is 2.40. The molecule has 0 atom stereocenters. The lowest BCUT2D eigenvalue weighted by Crippen LogP contribution is -2.35. The summed E-state index contributed by atoms with van der Waals surface area (Å²) in [5.74, 6) is 0.638. The maximum Gasteiger partial charge on any atom is 0.161 e. The summed E-state index contributed by atoms with van der Waals surface area (Å²) < 4.78 is 5.88. The third kappa shape index (κ3) is 2.60. The fourth-order valence-corrected chi connectivity index (χ4v) is 2.15. The summed E-state index contributed by atoms with van der Waals surface area (Å²) in [5, 5.41) is 0.596. The SMILES string of the molecule is CN1CCC(Oc2c(N)cccc2Cl)CC1. The Morgan fingerprint density at radius 3 is 2.69 bits per heavy atom. The number of nitrogen functional groups attached to an aromatic ring is 1. The van der Waals surface area contributed by atoms with E-state index in [1.165, 1.54) is 0 Å². The van der Waals surface area contributed by atoms with Gasteiger partial charge < -0.3 is 15.4 Å². The first-order valence-corrected chi connectivity index (χ1v) is 5.94. The minimum absolute atomic E-state index is 0.235. The van der Waals surface area contributed by atoms with E-state index >= 15 is 0 Å². The highest BCUT2D eigenvalue weighted by Crippen LogP contribution is 2.32. The van der Waals surface area contributed by atoms with Crippen LogP contribution in [0.3, 0.4) is 0 Å². The van der Waals surface area contributed by atoms with Crippen LogP contribution in [0.25, 0.3) is 0 Å². The third-order valence-electron chi connectivity index (χ3n) is 2.95. The fraction of sp³-hybridized carbons (Fsp3) is 0.500. The van der Waals surface area contributed by atoms with Gasteiger partial charge in [0.25, 0.3) is 0 Å². The average Bonchev–Trinajstić information content (AvgIpc) is 2.26. The highest BCUT2D eigenvalue weighted by Gasteiger charge is 2.19. The molecule has 2 N–H and O–H groups in total. The standard InChI is InChI=1S/C12H17ClN2O/c1-15-7-5-9(6-8-15)16-12-10(13)3-2-4-11(12)14/h2-4,9H,5-8,14H2,1H3. The average molecular weight is 241 g/mol. The zero-order valence-corrected chi connectivity index (χ0v) is 10.2. The van der Waals surface area contributed by atoms with Gasteiger partial charge in [0.1, 0.15) is 6.10 Å². The Balaban J connectivity index is 2.04. The molecule has 1 aliphatic rings. The molecule has 0 bridgehead atoms. The van der Waals surface area contributed by atoms with Gasteiger partial charge in [0.2, 0.25) is 0 Å². The highest BCUT2D eigenvalue weighted by atomic mass is 35.5. The third-order valence-corrected chi connectivity index (χ3v) is 3.25. The summed E-state index contributed by atoms with van der Waals surface area (Å²) in [6, 6.07) is 5.46. The van der Waals surface area contributed by atoms with Gasteiger partial charge in [-0.05, 0) is 32.0 Å². The van der Waals surface area contributed by atoms with Crippen LogP contribution in [0.2, 0.25) is 5.02 Å². The molecular formula is C12H17ClN2O. The zero-order valence-electron chi connectivity index (χ0n) is 9.45. The van der Waals surface area contributed by atoms with E-state index in [2.05, 4.69) is 11.9 Å². The summed E-state index contributed by atoms with van der Waals surface area (Å²) in [4.78, 5) is 2.30. The monoisotopic (exact) mass is 240 g/mol. The topological polar surface area (TPSA) is 38.5 Å². The summed E-state index contributed by atoms with van der Waals surface area (Å²) in [5.41, 5.74) is 6.46. The molecule has 1 aromatic rings. The van der Waals surface area contributed by atoms with Gasteiger partial charge in [-0.3, -0.25) is 0 Å². The van der Waals surface area contributed by atoms with Gasteiger partial charge in [0.05, 0.1) is 10.7 Å². The first-order valence-electron chi connectivity index (χ1n) is 5.56. The van der Waals surface area contributed by atoms with Gasteiger partial charge in [-0.2, -0.15) is 0 Å². The Morgan fingerprint density at radius 2 is 2.06 bits per heavy atom. The molecule has 0 aliphatic carbocycles. The lowest BCUT2D eigenvalue weighted by molar-refractivity contribution is 0.115. The molecule has 0 unspecified atom stereocenters. The maximum atomic E-state index is 6.06. The van der Waals surface area contributed by atoms with Crippen LogP contribution in [0, 0.1) is 0 Å². The van der Waals surface area contributed by atoms with Crippen LogP contribution < -0.4 is 10.5 Å². The number of hydrogen-bond donors (Lipinski definition) is 1. The van der Waals surface area contributed by atoms with E-state index < -0.39 is 0 Å². The number of ether oxygens (including phenoxy) is 1. The number of halogens is 1. The van der Waals surface area contributed by atoms with Gasteiger partial charge in [0, 0.05) is 13.1 Å². The van der Waals surface area contributed by atoms with Crippen LogP contribution in [0.15, 0.2) is 18.2 Å². The first kappa shape index (κ1) is 11.6. The Labute approximate surface area is 101 Å². The number of piperidine rings is 1. The van der Waals surface area contributed by atoms with Crippen LogP contribution in [-0.4, -0.2) is 31.1 Å². The normalized spacial score (nSPS) is 18.6. The smallest absolute Gasteiger partial charge is 0.161 e. The summed E-state index contributed by atoms with van der Waals surface area (Å²) in [6.07, 6.45) is 2.29. The lowest BCUT2D eigenvalue weighted by Gasteiger charge is -2.29. The largest absolute Gasteiger partial charge is 0.487 e. The number of nitrogens with zero attached hydrogens (tertiary/aromatic N) is 1. The Morgan fingerprint density at radius 1 is 1.38 bits per heavy atom. The second-order valence-electron chi connectivity index (χ2n) is 4.28. The molecule has 1 aliphatic heterocycles. The molecule has 1 heterocycles. The van der Waals surface area contributed by atoms with Crippen molar-refractivity contribution in [3.63, 3.8) is 0 Å². The second kappa shape index (κ2) is 4.93. The van der Waals surface area contributed by atoms with Crippen molar-refractivity contribution in [3.05, 3.63) is 23.2 Å². The van der Waals surface area contributed by atoms with E-state index in [1.54, 1.807) is 0 Å². The summed E-state index contributed by atoms with van der Waals surface area (Å²) in [6.45, 7) is 2.13. The molecule has 1 saturated heterocycles. The van der Waals surface area contributed by atoms with Crippen LogP contribution >= 0.6 is 11.6 Å². The molecule has 0 radical (unpaired) electrons. The molecule has 0 saturated carbocycles. The van der Waals surface area contributed by atoms with Crippen molar-refractivity contribution < 1.29 is 4.74 Å². The van der Waals surface area contributed by atoms with Crippen molar-refractivity contribution >= 4 is 17.3 Å². The minimum atomic E-state index is 0.235. The zero-order chi connectivity index (χ0) is 11.5. The van der Waals surface area contributed by atoms with Crippen molar-refractivity contribution in [1.82, 2.24) is 4.90 Å². The Kier molecular flexibility index (Phi) is 3.56. The molecule has 0 spiro atoms. The van der Waals surface area contributed by atoms with Gasteiger partial charge in [0.15, 0.2) is 5.75 Å². The molecule has 0 amide bonds. The van der Waals surface area contributed by atoms with Gasteiger partial charge >= 0.3 is 0 Å². The Hall–Kier alpha value is -0.930. The number of likely N-dealkylation sites (tertiary alicyclic amines) is 1. The summed E-state index contributed by atoms with van der Waals surface area (Å²) >= 11 is 6.06. The van der Waals surface area contributed by atoms with Crippen molar-refractivity contribution in [3.8, 4) is 5.75 Å². The minimum Gasteiger partial charge on any atom is -0.487 e. The number of para-hydroxylation sites is 1. The quantitative estimate of drug-likeness (QED) is 0.807. The van der Waals surface area contributed by atoms with Crippen molar-refractivity contribution in [2.75, 3.05) is 25.9 Å². The molecule has 2 rings (SSSR count). The van der Waals surface area contributed by atoms with Gasteiger partial charge in [-0.25, -0.2) is 0 Å². The maximum absolute atomic E-state index is 6.06. The predicted molar refractivity (Wildman–Crippen MR) is 67.0 cm³/mol. The van der Waals surface area contributed by atoms with E-state index in [0.717, 1.165) is 25.9 Å². The van der Waals surface area contributed by atoms with Crippen LogP contribution in [0.1, 0.15) is 12.8 Å². The number of benzene rings is 1. The van der Waals surface area contributed by atoms with Crippen LogP contribution in [0.4, 0.5) is 5.69 Å². The first-order chi connectivity index (χ1) is 7.66. The second-order valence-corrected chi connectivity index (χ2v) is 4.69. The fourth-order valence-electron chi connectivity index (χ4n) is 1.92. The molecule has 0 aromatic heterocycles. The number of rotatable bonds is 2. The van der Waals surface area contributed by atoms with E-state index in [1.807, 2.05) is 18.2 Å². The number of hydrogen-bond acceptors (Lipinski definition) is 3. The van der Waals surface area contributed by atoms with E-state index in [4.69, 9.17) is 22.1 Å². The van der Waals surface area contributed by atoms with Crippen LogP contribution in [0.5, 0.6) is 5.75 Å². The van der Waals surface area contributed by atoms with Crippen LogP contribution in [-0.2, 0) is 0 Å². The van der Waals surface area contributed by atoms with Gasteiger partial charge in [-0.15, -0.1) is 0 Å². The van der Waals surface area contributed by atoms with E-state index in [0.29, 0.717) is 16.5 Å². The molecule has 16 heavy (non-hydrogen) atoms. The summed E-state index contributed by atoms with van der Waals surface area (Å²) in [7, 11) is 2.13. The molecule has 1 fully saturated rings. The van der Waals surface area contributed by atoms with Crippen molar-refractivity contribution in [2.45, 2.75) is 18.9 Å². The lowest BCUT2D eigenvalue weighted by atomic mass is 10.1. The molecular weight excluding hydrogens is 224 g/mol. The molecule has 4 heteroatoms. The number of nitrogens with two attached hydrogens (primary N) is 1. The number of anilines is 1. The van der Waals surface area contributed by atoms with Crippen molar-refractivity contribution in [1.29, 1.82) is 0 Å². The highest BCUT2D eigenvalue weighted by molar-refractivity contribution is 6.32. The van der Waals surface area contributed by atoms with E-state index in [-0.39, 0.29) is 6.10 Å².